The molecule has 2 atom stereocenters. The third-order valence-electron chi connectivity index (χ3n) is 6.72. The molecule has 0 saturated heterocycles. The molecule has 2 aromatic carbocycles. The van der Waals surface area contributed by atoms with Crippen LogP contribution in [0.25, 0.3) is 44.8 Å². The fraction of sp³-hybridized carbons (Fsp3) is 0.133. The highest BCUT2D eigenvalue weighted by molar-refractivity contribution is 5.79. The van der Waals surface area contributed by atoms with Crippen molar-refractivity contribution in [2.24, 2.45) is 11.5 Å². The van der Waals surface area contributed by atoms with Crippen molar-refractivity contribution in [3.63, 3.8) is 0 Å². The van der Waals surface area contributed by atoms with Crippen LogP contribution in [0.4, 0.5) is 8.78 Å². The molecule has 0 fully saturated rings. The average Bonchev–Trinajstić information content (AvgIpc) is 2.98. The number of halogens is 2. The van der Waals surface area contributed by atoms with Gasteiger partial charge in [-0.1, -0.05) is 12.1 Å². The van der Waals surface area contributed by atoms with Gasteiger partial charge in [-0.15, -0.1) is 0 Å². The van der Waals surface area contributed by atoms with Crippen molar-refractivity contribution < 1.29 is 8.78 Å². The summed E-state index contributed by atoms with van der Waals surface area (Å²) in [6.07, 6.45) is 3.59. The van der Waals surface area contributed by atoms with E-state index in [4.69, 9.17) is 31.4 Å². The number of hydrogen-bond donors (Lipinski definition) is 2. The van der Waals surface area contributed by atoms with E-state index in [2.05, 4.69) is 9.97 Å². The summed E-state index contributed by atoms with van der Waals surface area (Å²) in [6, 6.07) is 18.9. The minimum Gasteiger partial charge on any atom is -0.330 e. The Morgan fingerprint density at radius 3 is 1.80 bits per heavy atom. The van der Waals surface area contributed by atoms with Crippen molar-refractivity contribution in [1.82, 2.24) is 29.9 Å². The Hall–Kier alpha value is -4.80. The predicted octanol–water partition coefficient (Wildman–Crippen LogP) is 4.59. The Morgan fingerprint density at radius 1 is 0.650 bits per heavy atom. The minimum absolute atomic E-state index is 0.160. The van der Waals surface area contributed by atoms with Gasteiger partial charge < -0.3 is 11.5 Å². The summed E-state index contributed by atoms with van der Waals surface area (Å²) >= 11 is 0. The zero-order valence-electron chi connectivity index (χ0n) is 21.2. The molecule has 1 unspecified atom stereocenters. The second kappa shape index (κ2) is 10.8. The molecular weight excluding hydrogens is 510 g/mol. The van der Waals surface area contributed by atoms with Crippen molar-refractivity contribution >= 4 is 22.1 Å². The van der Waals surface area contributed by atoms with Gasteiger partial charge >= 0.3 is 0 Å². The molecule has 4 heterocycles. The van der Waals surface area contributed by atoms with E-state index in [1.54, 1.807) is 36.7 Å². The van der Waals surface area contributed by atoms with Gasteiger partial charge in [0.15, 0.2) is 0 Å². The van der Waals surface area contributed by atoms with Crippen molar-refractivity contribution in [2.45, 2.75) is 18.4 Å². The minimum atomic E-state index is -0.561. The normalized spacial score (nSPS) is 13.0. The van der Waals surface area contributed by atoms with Crippen LogP contribution < -0.4 is 11.5 Å². The van der Waals surface area contributed by atoms with Crippen molar-refractivity contribution in [3.05, 3.63) is 108 Å². The fourth-order valence-corrected chi connectivity index (χ4v) is 4.76. The smallest absolute Gasteiger partial charge is 0.125 e. The molecule has 0 spiro atoms. The molecule has 0 radical (unpaired) electrons. The topological polar surface area (TPSA) is 129 Å². The molecule has 40 heavy (non-hydrogen) atoms. The van der Waals surface area contributed by atoms with Crippen molar-refractivity contribution in [3.8, 4) is 22.8 Å². The molecular formula is C30H24F2N8. The van der Waals surface area contributed by atoms with E-state index in [0.29, 0.717) is 56.2 Å². The third-order valence-corrected chi connectivity index (χ3v) is 6.72. The van der Waals surface area contributed by atoms with Crippen LogP contribution in [0.15, 0.2) is 85.2 Å². The lowest BCUT2D eigenvalue weighted by molar-refractivity contribution is 0.521. The molecule has 0 amide bonds. The summed E-state index contributed by atoms with van der Waals surface area (Å²) in [6.45, 7) is 0.160. The van der Waals surface area contributed by atoms with E-state index in [1.807, 2.05) is 24.3 Å². The monoisotopic (exact) mass is 534 g/mol. The van der Waals surface area contributed by atoms with Crippen LogP contribution in [0.1, 0.15) is 17.3 Å². The molecule has 198 valence electrons. The van der Waals surface area contributed by atoms with Gasteiger partial charge in [-0.2, -0.15) is 0 Å². The Morgan fingerprint density at radius 2 is 1.23 bits per heavy atom. The maximum Gasteiger partial charge on any atom is 0.125 e. The predicted molar refractivity (Wildman–Crippen MR) is 149 cm³/mol. The summed E-state index contributed by atoms with van der Waals surface area (Å²) < 4.78 is 28.0. The first-order valence-electron chi connectivity index (χ1n) is 12.7. The van der Waals surface area contributed by atoms with E-state index in [0.717, 1.165) is 0 Å². The van der Waals surface area contributed by atoms with Gasteiger partial charge in [0.1, 0.15) is 23.0 Å². The molecule has 4 aromatic heterocycles. The van der Waals surface area contributed by atoms with Gasteiger partial charge in [0.25, 0.3) is 0 Å². The molecule has 0 aliphatic rings. The maximum absolute atomic E-state index is 14.0. The largest absolute Gasteiger partial charge is 0.330 e. The van der Waals surface area contributed by atoms with Crippen LogP contribution in [0.2, 0.25) is 0 Å². The number of nitrogens with zero attached hydrogens (tertiary/aromatic N) is 6. The Bertz CT molecular complexity index is 1820. The van der Waals surface area contributed by atoms with Crippen molar-refractivity contribution in [1.29, 1.82) is 0 Å². The summed E-state index contributed by atoms with van der Waals surface area (Å²) in [7, 11) is 0. The van der Waals surface area contributed by atoms with Crippen molar-refractivity contribution in [2.75, 3.05) is 6.54 Å². The van der Waals surface area contributed by atoms with E-state index in [-0.39, 0.29) is 13.0 Å². The summed E-state index contributed by atoms with van der Waals surface area (Å²) in [5, 5.41) is 0. The van der Waals surface area contributed by atoms with E-state index < -0.39 is 23.6 Å². The third kappa shape index (κ3) is 4.97. The second-order valence-electron chi connectivity index (χ2n) is 9.38. The van der Waals surface area contributed by atoms with E-state index in [9.17, 15) is 8.78 Å². The van der Waals surface area contributed by atoms with Gasteiger partial charge in [-0.3, -0.25) is 9.97 Å². The van der Waals surface area contributed by atoms with Crippen LogP contribution in [0.3, 0.4) is 0 Å². The molecule has 0 bridgehead atoms. The summed E-state index contributed by atoms with van der Waals surface area (Å²) in [4.78, 5) is 28.0. The first kappa shape index (κ1) is 25.5. The van der Waals surface area contributed by atoms with Crippen LogP contribution in [-0.4, -0.2) is 42.5 Å². The van der Waals surface area contributed by atoms with E-state index in [1.165, 1.54) is 24.3 Å². The molecule has 10 heteroatoms. The number of pyridine rings is 2. The van der Waals surface area contributed by atoms with Crippen LogP contribution in [0.5, 0.6) is 0 Å². The molecule has 4 N–H and O–H groups in total. The maximum atomic E-state index is 14.0. The Balaban J connectivity index is 1.46. The highest BCUT2D eigenvalue weighted by atomic mass is 19.1. The molecule has 6 aromatic rings. The number of rotatable bonds is 7. The molecule has 0 aliphatic carbocycles. The lowest BCUT2D eigenvalue weighted by Gasteiger charge is -2.24. The van der Waals surface area contributed by atoms with Crippen LogP contribution in [-0.2, 0) is 6.42 Å². The molecule has 0 saturated carbocycles. The van der Waals surface area contributed by atoms with Gasteiger partial charge in [0.05, 0.1) is 44.8 Å². The quantitative estimate of drug-likeness (QED) is 0.304. The lowest BCUT2D eigenvalue weighted by atomic mass is 9.90. The molecule has 8 nitrogen and oxygen atoms in total. The highest BCUT2D eigenvalue weighted by Crippen LogP contribution is 2.31. The highest BCUT2D eigenvalue weighted by Gasteiger charge is 2.28. The standard InChI is InChI=1S/C30H24F2N8/c31-17-7-9-21-25(13-17)39-29(23-5-1-3-11-35-23)27(37-21)15-20(34)19(16-33)28-30(24-6-2-4-12-36-24)40-26-14-18(32)8-10-22(26)38-28/h1-14,19-20H,15-16,33-34H2/t19?,20-/m0/s1. The Kier molecular flexibility index (Phi) is 6.85. The number of nitrogens with two attached hydrogens (primary N) is 2. The van der Waals surface area contributed by atoms with Gasteiger partial charge in [-0.25, -0.2) is 28.7 Å². The zero-order valence-corrected chi connectivity index (χ0v) is 21.2. The number of hydrogen-bond acceptors (Lipinski definition) is 8. The SMILES string of the molecule is NCC(c1nc2ccc(F)cc2nc1-c1ccccn1)[C@@H](N)Cc1nc2ccc(F)cc2nc1-c1ccccn1. The lowest BCUT2D eigenvalue weighted by Crippen LogP contribution is -2.36. The number of benzene rings is 2. The van der Waals surface area contributed by atoms with Gasteiger partial charge in [0.2, 0.25) is 0 Å². The average molecular weight is 535 g/mol. The fourth-order valence-electron chi connectivity index (χ4n) is 4.76. The summed E-state index contributed by atoms with van der Waals surface area (Å²) in [5.41, 5.74) is 18.3. The van der Waals surface area contributed by atoms with Gasteiger partial charge in [-0.05, 0) is 48.5 Å². The van der Waals surface area contributed by atoms with Crippen LogP contribution >= 0.6 is 0 Å². The van der Waals surface area contributed by atoms with Crippen LogP contribution in [0, 0.1) is 11.6 Å². The molecule has 0 aliphatic heterocycles. The first-order valence-corrected chi connectivity index (χ1v) is 12.7. The zero-order chi connectivity index (χ0) is 27.6. The second-order valence-corrected chi connectivity index (χ2v) is 9.38. The number of aromatic nitrogens is 6. The van der Waals surface area contributed by atoms with E-state index >= 15 is 0 Å². The number of fused-ring (bicyclic) bond motifs is 2. The Labute approximate surface area is 228 Å². The molecule has 6 rings (SSSR count). The summed E-state index contributed by atoms with van der Waals surface area (Å²) in [5.74, 6) is -1.27. The first-order chi connectivity index (χ1) is 19.5. The van der Waals surface area contributed by atoms with Gasteiger partial charge in [0, 0.05) is 49.5 Å².